The number of carbonyl (C=O) groups is 2. The van der Waals surface area contributed by atoms with Crippen LogP contribution in [0, 0.1) is 0 Å². The van der Waals surface area contributed by atoms with Crippen LogP contribution in [0.2, 0.25) is 0 Å². The second-order valence-electron chi connectivity index (χ2n) is 5.80. The van der Waals surface area contributed by atoms with Gasteiger partial charge >= 0.3 is 11.9 Å². The summed E-state index contributed by atoms with van der Waals surface area (Å²) in [6, 6.07) is 0. The summed E-state index contributed by atoms with van der Waals surface area (Å²) in [5, 5.41) is 0. The third kappa shape index (κ3) is 12.7. The second kappa shape index (κ2) is 14.9. The molecule has 0 bridgehead atoms. The fraction of sp³-hybridized carbons (Fsp3) is 0.889. The van der Waals surface area contributed by atoms with Gasteiger partial charge < -0.3 is 9.47 Å². The molecule has 1 atom stereocenters. The van der Waals surface area contributed by atoms with Crippen LogP contribution in [0.3, 0.4) is 0 Å². The average molecular weight is 314 g/mol. The Morgan fingerprint density at radius 3 is 2.09 bits per heavy atom. The van der Waals surface area contributed by atoms with Crippen molar-refractivity contribution in [3.8, 4) is 0 Å². The Morgan fingerprint density at radius 2 is 1.45 bits per heavy atom. The minimum atomic E-state index is -0.297. The Hall–Kier alpha value is -1.06. The topological polar surface area (TPSA) is 52.6 Å². The lowest BCUT2D eigenvalue weighted by Gasteiger charge is -2.15. The number of ether oxygens (including phenoxy) is 2. The summed E-state index contributed by atoms with van der Waals surface area (Å²) in [7, 11) is 0. The average Bonchev–Trinajstić information content (AvgIpc) is 2.52. The van der Waals surface area contributed by atoms with E-state index in [1.54, 1.807) is 0 Å². The monoisotopic (exact) mass is 314 g/mol. The molecule has 0 saturated carbocycles. The molecule has 0 aliphatic carbocycles. The fourth-order valence-electron chi connectivity index (χ4n) is 2.19. The predicted molar refractivity (Wildman–Crippen MR) is 88.6 cm³/mol. The Morgan fingerprint density at radius 1 is 0.818 bits per heavy atom. The van der Waals surface area contributed by atoms with Crippen LogP contribution in [-0.4, -0.2) is 24.6 Å². The van der Waals surface area contributed by atoms with Gasteiger partial charge in [-0.2, -0.15) is 0 Å². The molecular weight excluding hydrogens is 280 g/mol. The number of hydrogen-bond donors (Lipinski definition) is 0. The molecule has 0 rings (SSSR count). The van der Waals surface area contributed by atoms with Gasteiger partial charge in [-0.25, -0.2) is 0 Å². The van der Waals surface area contributed by atoms with Gasteiger partial charge in [0.15, 0.2) is 0 Å². The van der Waals surface area contributed by atoms with Crippen LogP contribution in [0.15, 0.2) is 0 Å². The van der Waals surface area contributed by atoms with E-state index in [1.807, 2.05) is 6.92 Å². The Balaban J connectivity index is 3.65. The summed E-state index contributed by atoms with van der Waals surface area (Å²) in [4.78, 5) is 23.2. The number of unbranched alkanes of at least 4 members (excludes halogenated alkanes) is 5. The molecule has 0 amide bonds. The molecule has 0 aromatic carbocycles. The molecule has 0 aromatic heterocycles. The van der Waals surface area contributed by atoms with Crippen molar-refractivity contribution in [2.24, 2.45) is 0 Å². The van der Waals surface area contributed by atoms with E-state index in [-0.39, 0.29) is 30.9 Å². The minimum Gasteiger partial charge on any atom is -0.466 e. The van der Waals surface area contributed by atoms with Crippen molar-refractivity contribution in [1.82, 2.24) is 0 Å². The van der Waals surface area contributed by atoms with Gasteiger partial charge in [-0.1, -0.05) is 59.3 Å². The van der Waals surface area contributed by atoms with Crippen LogP contribution < -0.4 is 0 Å². The van der Waals surface area contributed by atoms with Gasteiger partial charge in [-0.05, 0) is 19.3 Å². The van der Waals surface area contributed by atoms with Crippen molar-refractivity contribution in [3.05, 3.63) is 0 Å². The summed E-state index contributed by atoms with van der Waals surface area (Å²) in [5.41, 5.74) is 0. The molecule has 0 fully saturated rings. The molecule has 0 spiro atoms. The molecule has 22 heavy (non-hydrogen) atoms. The van der Waals surface area contributed by atoms with E-state index in [0.717, 1.165) is 38.5 Å². The third-order valence-corrected chi connectivity index (χ3v) is 3.68. The number of rotatable bonds is 14. The van der Waals surface area contributed by atoms with Crippen LogP contribution in [0.4, 0.5) is 0 Å². The van der Waals surface area contributed by atoms with Gasteiger partial charge in [0, 0.05) is 0 Å². The molecule has 1 unspecified atom stereocenters. The van der Waals surface area contributed by atoms with Crippen LogP contribution in [-0.2, 0) is 19.1 Å². The SMILES string of the molecule is CCCCCCCOC(=O)CCC(=O)OC(CC)CCCC. The van der Waals surface area contributed by atoms with Gasteiger partial charge in [0.1, 0.15) is 6.10 Å². The summed E-state index contributed by atoms with van der Waals surface area (Å²) < 4.78 is 10.5. The molecule has 130 valence electrons. The molecule has 0 aliphatic heterocycles. The van der Waals surface area contributed by atoms with Gasteiger partial charge in [0.25, 0.3) is 0 Å². The number of carbonyl (C=O) groups excluding carboxylic acids is 2. The van der Waals surface area contributed by atoms with E-state index >= 15 is 0 Å². The predicted octanol–water partition coefficient (Wildman–Crippen LogP) is 4.79. The van der Waals surface area contributed by atoms with Crippen LogP contribution in [0.25, 0.3) is 0 Å². The molecule has 0 saturated heterocycles. The molecule has 0 aliphatic rings. The van der Waals surface area contributed by atoms with E-state index in [0.29, 0.717) is 6.61 Å². The highest BCUT2D eigenvalue weighted by molar-refractivity contribution is 5.77. The molecule has 0 aromatic rings. The Bertz CT molecular complexity index is 289. The second-order valence-corrected chi connectivity index (χ2v) is 5.80. The van der Waals surface area contributed by atoms with Crippen LogP contribution in [0.1, 0.15) is 91.4 Å². The van der Waals surface area contributed by atoms with Crippen molar-refractivity contribution in [2.45, 2.75) is 97.5 Å². The lowest BCUT2D eigenvalue weighted by Crippen LogP contribution is -2.18. The van der Waals surface area contributed by atoms with Gasteiger partial charge in [-0.15, -0.1) is 0 Å². The first-order chi connectivity index (χ1) is 10.6. The summed E-state index contributed by atoms with van der Waals surface area (Å²) in [6.07, 6.45) is 9.76. The Labute approximate surface area is 135 Å². The van der Waals surface area contributed by atoms with E-state index in [1.165, 1.54) is 19.3 Å². The highest BCUT2D eigenvalue weighted by atomic mass is 16.5. The highest BCUT2D eigenvalue weighted by Crippen LogP contribution is 2.10. The van der Waals surface area contributed by atoms with Gasteiger partial charge in [0.2, 0.25) is 0 Å². The summed E-state index contributed by atoms with van der Waals surface area (Å²) >= 11 is 0. The zero-order chi connectivity index (χ0) is 16.6. The fourth-order valence-corrected chi connectivity index (χ4v) is 2.19. The standard InChI is InChI=1S/C18H34O4/c1-4-7-9-10-11-15-21-17(19)13-14-18(20)22-16(6-3)12-8-5-2/h16H,4-15H2,1-3H3. The van der Waals surface area contributed by atoms with Crippen LogP contribution >= 0.6 is 0 Å². The van der Waals surface area contributed by atoms with E-state index < -0.39 is 0 Å². The molecule has 0 radical (unpaired) electrons. The first-order valence-corrected chi connectivity index (χ1v) is 8.99. The maximum absolute atomic E-state index is 11.7. The van der Waals surface area contributed by atoms with E-state index in [2.05, 4.69) is 13.8 Å². The normalized spacial score (nSPS) is 12.0. The minimum absolute atomic E-state index is 0.0120. The molecule has 4 nitrogen and oxygen atoms in total. The smallest absolute Gasteiger partial charge is 0.306 e. The van der Waals surface area contributed by atoms with Crippen molar-refractivity contribution in [2.75, 3.05) is 6.61 Å². The van der Waals surface area contributed by atoms with Crippen LogP contribution in [0.5, 0.6) is 0 Å². The van der Waals surface area contributed by atoms with E-state index in [9.17, 15) is 9.59 Å². The first kappa shape index (κ1) is 20.9. The molecule has 0 heterocycles. The van der Waals surface area contributed by atoms with Gasteiger partial charge in [0.05, 0.1) is 19.4 Å². The third-order valence-electron chi connectivity index (χ3n) is 3.68. The molecule has 0 N–H and O–H groups in total. The van der Waals surface area contributed by atoms with Crippen molar-refractivity contribution < 1.29 is 19.1 Å². The lowest BCUT2D eigenvalue weighted by molar-refractivity contribution is -0.154. The van der Waals surface area contributed by atoms with Crippen molar-refractivity contribution in [3.63, 3.8) is 0 Å². The first-order valence-electron chi connectivity index (χ1n) is 8.99. The Kier molecular flexibility index (Phi) is 14.1. The summed E-state index contributed by atoms with van der Waals surface area (Å²) in [5.74, 6) is -0.586. The number of hydrogen-bond acceptors (Lipinski definition) is 4. The van der Waals surface area contributed by atoms with E-state index in [4.69, 9.17) is 9.47 Å². The summed E-state index contributed by atoms with van der Waals surface area (Å²) in [6.45, 7) is 6.77. The maximum Gasteiger partial charge on any atom is 0.306 e. The van der Waals surface area contributed by atoms with Crippen molar-refractivity contribution in [1.29, 1.82) is 0 Å². The zero-order valence-electron chi connectivity index (χ0n) is 14.7. The maximum atomic E-state index is 11.7. The van der Waals surface area contributed by atoms with Crippen molar-refractivity contribution >= 4 is 11.9 Å². The lowest BCUT2D eigenvalue weighted by atomic mass is 10.1. The van der Waals surface area contributed by atoms with Gasteiger partial charge in [-0.3, -0.25) is 9.59 Å². The molecular formula is C18H34O4. The largest absolute Gasteiger partial charge is 0.466 e. The highest BCUT2D eigenvalue weighted by Gasteiger charge is 2.14. The number of esters is 2. The molecule has 4 heteroatoms. The zero-order valence-corrected chi connectivity index (χ0v) is 14.7. The quantitative estimate of drug-likeness (QED) is 0.341.